The predicted molar refractivity (Wildman–Crippen MR) is 92.8 cm³/mol. The number of phenolic OH excluding ortho intramolecular Hbond substituents is 1. The lowest BCUT2D eigenvalue weighted by atomic mass is 10.1. The molecule has 1 aromatic heterocycles. The van der Waals surface area contributed by atoms with Gasteiger partial charge in [-0.15, -0.1) is 11.3 Å². The third-order valence-electron chi connectivity index (χ3n) is 3.41. The van der Waals surface area contributed by atoms with E-state index in [4.69, 9.17) is 0 Å². The molecule has 3 nitrogen and oxygen atoms in total. The fourth-order valence-electron chi connectivity index (χ4n) is 2.37. The number of nitrogens with zero attached hydrogens (tertiary/aromatic N) is 1. The Morgan fingerprint density at radius 1 is 1.24 bits per heavy atom. The molecule has 0 amide bonds. The lowest BCUT2D eigenvalue weighted by Gasteiger charge is -2.12. The largest absolute Gasteiger partial charge is 0.506 e. The number of benzene rings is 2. The van der Waals surface area contributed by atoms with Gasteiger partial charge in [-0.3, -0.25) is 0 Å². The zero-order chi connectivity index (χ0) is 18.0. The Balaban J connectivity index is 1.76. The van der Waals surface area contributed by atoms with Gasteiger partial charge in [-0.1, -0.05) is 24.0 Å². The van der Waals surface area contributed by atoms with E-state index in [-0.39, 0.29) is 18.0 Å². The van der Waals surface area contributed by atoms with Gasteiger partial charge in [-0.25, -0.2) is 4.98 Å². The van der Waals surface area contributed by atoms with E-state index in [1.54, 1.807) is 6.07 Å². The highest BCUT2D eigenvalue weighted by molar-refractivity contribution is 7.18. The molecule has 3 aromatic rings. The van der Waals surface area contributed by atoms with Crippen molar-refractivity contribution in [3.8, 4) is 17.6 Å². The fourth-order valence-corrected chi connectivity index (χ4v) is 3.25. The van der Waals surface area contributed by atoms with Crippen molar-refractivity contribution >= 4 is 27.2 Å². The number of hydrogen-bond donors (Lipinski definition) is 2. The Kier molecular flexibility index (Phi) is 4.55. The van der Waals surface area contributed by atoms with Crippen LogP contribution in [-0.4, -0.2) is 16.6 Å². The highest BCUT2D eigenvalue weighted by Gasteiger charge is 2.32. The van der Waals surface area contributed by atoms with E-state index in [9.17, 15) is 18.3 Å². The molecule has 0 spiro atoms. The van der Waals surface area contributed by atoms with Crippen molar-refractivity contribution in [2.75, 3.05) is 11.9 Å². The number of para-hydroxylation sites is 1. The van der Waals surface area contributed by atoms with E-state index < -0.39 is 11.7 Å². The molecule has 1 heterocycles. The van der Waals surface area contributed by atoms with Crippen molar-refractivity contribution in [3.05, 3.63) is 52.5 Å². The molecule has 0 aliphatic rings. The van der Waals surface area contributed by atoms with E-state index in [0.717, 1.165) is 15.8 Å². The monoisotopic (exact) mass is 362 g/mol. The van der Waals surface area contributed by atoms with Crippen molar-refractivity contribution in [1.29, 1.82) is 0 Å². The minimum atomic E-state index is -4.42. The van der Waals surface area contributed by atoms with Crippen LogP contribution in [0.1, 0.15) is 16.1 Å². The maximum absolute atomic E-state index is 12.9. The molecule has 0 fully saturated rings. The number of phenols is 1. The van der Waals surface area contributed by atoms with Gasteiger partial charge in [0.2, 0.25) is 0 Å². The van der Waals surface area contributed by atoms with Crippen LogP contribution >= 0.6 is 11.3 Å². The fraction of sp³-hybridized carbons (Fsp3) is 0.167. The molecule has 7 heteroatoms. The maximum atomic E-state index is 12.9. The molecular formula is C18H13F3N2OS. The van der Waals surface area contributed by atoms with Crippen LogP contribution in [0.25, 0.3) is 10.2 Å². The number of fused-ring (bicyclic) bond motifs is 1. The molecule has 25 heavy (non-hydrogen) atoms. The summed E-state index contributed by atoms with van der Waals surface area (Å²) in [5.41, 5.74) is 0.376. The van der Waals surface area contributed by atoms with Gasteiger partial charge in [0.05, 0.1) is 21.8 Å². The number of hydrogen-bond acceptors (Lipinski definition) is 4. The Bertz CT molecular complexity index is 983. The minimum absolute atomic E-state index is 0.0133. The first-order chi connectivity index (χ1) is 11.8. The summed E-state index contributed by atoms with van der Waals surface area (Å²) >= 11 is 1.44. The quantitative estimate of drug-likeness (QED) is 0.644. The summed E-state index contributed by atoms with van der Waals surface area (Å²) in [5, 5.41) is 13.5. The van der Waals surface area contributed by atoms with Crippen LogP contribution in [0.4, 0.5) is 18.9 Å². The Hall–Kier alpha value is -2.72. The van der Waals surface area contributed by atoms with Crippen LogP contribution < -0.4 is 5.32 Å². The van der Waals surface area contributed by atoms with E-state index >= 15 is 0 Å². The molecule has 0 radical (unpaired) electrons. The summed E-state index contributed by atoms with van der Waals surface area (Å²) in [7, 11) is 0. The van der Waals surface area contributed by atoms with Crippen LogP contribution in [0.2, 0.25) is 0 Å². The van der Waals surface area contributed by atoms with Gasteiger partial charge in [0.25, 0.3) is 0 Å². The Morgan fingerprint density at radius 3 is 2.76 bits per heavy atom. The smallest absolute Gasteiger partial charge is 0.418 e. The standard InChI is InChI=1S/C18H13F3N2OS/c1-11-23-17-15(24)9-12(10-16(17)25-11)5-4-8-22-14-7-3-2-6-13(14)18(19,20)21/h2-3,6-7,9-10,22,24H,8H2,1H3. The van der Waals surface area contributed by atoms with E-state index in [1.807, 2.05) is 6.92 Å². The number of aromatic hydroxyl groups is 1. The van der Waals surface area contributed by atoms with Gasteiger partial charge in [-0.2, -0.15) is 13.2 Å². The van der Waals surface area contributed by atoms with Gasteiger partial charge < -0.3 is 10.4 Å². The van der Waals surface area contributed by atoms with Crippen molar-refractivity contribution < 1.29 is 18.3 Å². The average molecular weight is 362 g/mol. The number of alkyl halides is 3. The topological polar surface area (TPSA) is 45.2 Å². The molecule has 2 aromatic carbocycles. The molecule has 0 bridgehead atoms. The predicted octanol–water partition coefficient (Wildman–Crippen LogP) is 4.79. The summed E-state index contributed by atoms with van der Waals surface area (Å²) in [6, 6.07) is 8.56. The van der Waals surface area contributed by atoms with Gasteiger partial charge in [-0.05, 0) is 31.2 Å². The molecule has 0 atom stereocenters. The average Bonchev–Trinajstić information content (AvgIpc) is 2.92. The first kappa shape index (κ1) is 17.1. The van der Waals surface area contributed by atoms with Gasteiger partial charge in [0.1, 0.15) is 11.3 Å². The number of aromatic nitrogens is 1. The van der Waals surface area contributed by atoms with Crippen LogP contribution in [0.5, 0.6) is 5.75 Å². The van der Waals surface area contributed by atoms with Gasteiger partial charge in [0.15, 0.2) is 0 Å². The molecule has 0 saturated heterocycles. The number of anilines is 1. The van der Waals surface area contributed by atoms with Crippen molar-refractivity contribution in [1.82, 2.24) is 4.98 Å². The highest BCUT2D eigenvalue weighted by atomic mass is 32.1. The van der Waals surface area contributed by atoms with Crippen LogP contribution in [-0.2, 0) is 6.18 Å². The van der Waals surface area contributed by atoms with Crippen molar-refractivity contribution in [3.63, 3.8) is 0 Å². The summed E-state index contributed by atoms with van der Waals surface area (Å²) < 4.78 is 39.5. The molecule has 3 rings (SSSR count). The summed E-state index contributed by atoms with van der Waals surface area (Å²) in [6.45, 7) is 1.89. The zero-order valence-corrected chi connectivity index (χ0v) is 13.9. The summed E-state index contributed by atoms with van der Waals surface area (Å²) in [5.74, 6) is 5.66. The number of thiazole rings is 1. The van der Waals surface area contributed by atoms with Crippen LogP contribution in [0.15, 0.2) is 36.4 Å². The Labute approximate surface area is 146 Å². The molecule has 2 N–H and O–H groups in total. The first-order valence-electron chi connectivity index (χ1n) is 7.34. The number of halogens is 3. The second kappa shape index (κ2) is 6.65. The highest BCUT2D eigenvalue weighted by Crippen LogP contribution is 2.34. The molecule has 0 aliphatic heterocycles. The van der Waals surface area contributed by atoms with Crippen molar-refractivity contribution in [2.45, 2.75) is 13.1 Å². The normalized spacial score (nSPS) is 11.2. The van der Waals surface area contributed by atoms with Crippen molar-refractivity contribution in [2.24, 2.45) is 0 Å². The lowest BCUT2D eigenvalue weighted by Crippen LogP contribution is -2.10. The maximum Gasteiger partial charge on any atom is 0.418 e. The second-order valence-electron chi connectivity index (χ2n) is 5.27. The SMILES string of the molecule is Cc1nc2c(O)cc(C#CCNc3ccccc3C(F)(F)F)cc2s1. The zero-order valence-electron chi connectivity index (χ0n) is 13.1. The van der Waals surface area contributed by atoms with Gasteiger partial charge >= 0.3 is 6.18 Å². The summed E-state index contributed by atoms with van der Waals surface area (Å²) in [4.78, 5) is 4.22. The van der Waals surface area contributed by atoms with E-state index in [1.165, 1.54) is 35.6 Å². The minimum Gasteiger partial charge on any atom is -0.506 e. The molecule has 128 valence electrons. The summed E-state index contributed by atoms with van der Waals surface area (Å²) in [6.07, 6.45) is -4.42. The second-order valence-corrected chi connectivity index (χ2v) is 6.51. The third-order valence-corrected chi connectivity index (χ3v) is 4.33. The van der Waals surface area contributed by atoms with Crippen LogP contribution in [0, 0.1) is 18.8 Å². The van der Waals surface area contributed by atoms with Crippen LogP contribution in [0.3, 0.4) is 0 Å². The molecule has 0 unspecified atom stereocenters. The molecule has 0 saturated carbocycles. The first-order valence-corrected chi connectivity index (χ1v) is 8.15. The third kappa shape index (κ3) is 3.86. The number of aryl methyl sites for hydroxylation is 1. The van der Waals surface area contributed by atoms with E-state index in [0.29, 0.717) is 11.1 Å². The van der Waals surface area contributed by atoms with E-state index in [2.05, 4.69) is 22.1 Å². The Morgan fingerprint density at radius 2 is 2.00 bits per heavy atom. The molecule has 0 aliphatic carbocycles. The van der Waals surface area contributed by atoms with Gasteiger partial charge in [0, 0.05) is 11.3 Å². The molecular weight excluding hydrogens is 349 g/mol. The number of nitrogens with one attached hydrogen (secondary N) is 1. The number of rotatable bonds is 2. The lowest BCUT2D eigenvalue weighted by molar-refractivity contribution is -0.136.